The van der Waals surface area contributed by atoms with Crippen LogP contribution in [0.2, 0.25) is 0 Å². The van der Waals surface area contributed by atoms with E-state index in [4.69, 9.17) is 9.47 Å². The molecule has 0 aromatic heterocycles. The van der Waals surface area contributed by atoms with Crippen LogP contribution in [-0.2, 0) is 19.1 Å². The van der Waals surface area contributed by atoms with Crippen molar-refractivity contribution >= 4 is 23.6 Å². The summed E-state index contributed by atoms with van der Waals surface area (Å²) in [6.45, 7) is 0.306. The Bertz CT molecular complexity index is 1030. The lowest BCUT2D eigenvalue weighted by Gasteiger charge is -2.23. The normalized spacial score (nSPS) is 19.1. The van der Waals surface area contributed by atoms with Crippen molar-refractivity contribution in [1.82, 2.24) is 10.2 Å². The summed E-state index contributed by atoms with van der Waals surface area (Å²) in [5, 5.41) is 12.0. The zero-order valence-corrected chi connectivity index (χ0v) is 17.2. The van der Waals surface area contributed by atoms with Gasteiger partial charge in [0.25, 0.3) is 5.91 Å². The van der Waals surface area contributed by atoms with E-state index in [-0.39, 0.29) is 30.9 Å². The van der Waals surface area contributed by atoms with Crippen molar-refractivity contribution in [2.45, 2.75) is 18.2 Å². The molecule has 9 heteroatoms. The number of hydrogen-bond acceptors (Lipinski definition) is 6. The zero-order chi connectivity index (χ0) is 22.7. The Morgan fingerprint density at radius 2 is 1.53 bits per heavy atom. The molecule has 0 saturated carbocycles. The molecule has 2 saturated heterocycles. The quantitative estimate of drug-likeness (QED) is 0.647. The summed E-state index contributed by atoms with van der Waals surface area (Å²) in [5.41, 5.74) is 1.26. The number of nitrogens with one attached hydrogen (secondary N) is 1. The van der Waals surface area contributed by atoms with Gasteiger partial charge in [0.15, 0.2) is 11.6 Å². The molecule has 0 radical (unpaired) electrons. The maximum Gasteiger partial charge on any atom is 0.326 e. The van der Waals surface area contributed by atoms with Crippen molar-refractivity contribution in [2.24, 2.45) is 0 Å². The lowest BCUT2D eigenvalue weighted by atomic mass is 10.0. The highest BCUT2D eigenvalue weighted by Crippen LogP contribution is 2.34. The van der Waals surface area contributed by atoms with E-state index in [1.54, 1.807) is 36.4 Å². The predicted octanol–water partition coefficient (Wildman–Crippen LogP) is 1.08. The summed E-state index contributed by atoms with van der Waals surface area (Å²) >= 11 is 0. The molecule has 2 aliphatic rings. The minimum atomic E-state index is -1.15. The Morgan fingerprint density at radius 3 is 2.16 bits per heavy atom. The van der Waals surface area contributed by atoms with Crippen molar-refractivity contribution in [3.63, 3.8) is 0 Å². The Kier molecular flexibility index (Phi) is 6.02. The van der Waals surface area contributed by atoms with Crippen molar-refractivity contribution in [1.29, 1.82) is 0 Å². The number of nitrogens with zero attached hydrogens (tertiary/aromatic N) is 1. The van der Waals surface area contributed by atoms with Gasteiger partial charge in [-0.25, -0.2) is 4.79 Å². The van der Waals surface area contributed by atoms with E-state index >= 15 is 0 Å². The summed E-state index contributed by atoms with van der Waals surface area (Å²) in [4.78, 5) is 50.3. The van der Waals surface area contributed by atoms with Gasteiger partial charge >= 0.3 is 5.97 Å². The molecule has 2 fully saturated rings. The maximum atomic E-state index is 12.6. The SMILES string of the molecule is O=C(NCC(=O)N1CC2(CC1C(=O)O)OCCO2)c1ccc(C(=O)c2ccccc2)cc1. The number of aliphatic carboxylic acids is 1. The van der Waals surface area contributed by atoms with Crippen molar-refractivity contribution in [3.05, 3.63) is 71.3 Å². The number of carboxylic acid groups (broad SMARTS) is 1. The van der Waals surface area contributed by atoms with Crippen LogP contribution < -0.4 is 5.32 Å². The largest absolute Gasteiger partial charge is 0.480 e. The molecule has 2 aromatic rings. The van der Waals surface area contributed by atoms with Gasteiger partial charge in [0.1, 0.15) is 6.04 Å². The Hall–Kier alpha value is -3.56. The van der Waals surface area contributed by atoms with Gasteiger partial charge < -0.3 is 24.8 Å². The van der Waals surface area contributed by atoms with Crippen molar-refractivity contribution in [3.8, 4) is 0 Å². The fraction of sp³-hybridized carbons (Fsp3) is 0.304. The van der Waals surface area contributed by atoms with Gasteiger partial charge in [-0.1, -0.05) is 42.5 Å². The highest BCUT2D eigenvalue weighted by Gasteiger charge is 2.52. The summed E-state index contributed by atoms with van der Waals surface area (Å²) in [5.74, 6) is -3.46. The highest BCUT2D eigenvalue weighted by atomic mass is 16.7. The molecule has 2 heterocycles. The molecular weight excluding hydrogens is 416 g/mol. The molecule has 166 valence electrons. The molecule has 2 aromatic carbocycles. The number of carbonyl (C=O) groups is 4. The first-order chi connectivity index (χ1) is 15.4. The minimum Gasteiger partial charge on any atom is -0.480 e. The summed E-state index contributed by atoms with van der Waals surface area (Å²) in [6.07, 6.45) is 0.0406. The van der Waals surface area contributed by atoms with Crippen LogP contribution in [0.15, 0.2) is 54.6 Å². The number of likely N-dealkylation sites (tertiary alicyclic amines) is 1. The number of carbonyl (C=O) groups excluding carboxylic acids is 3. The number of amides is 2. The predicted molar refractivity (Wildman–Crippen MR) is 111 cm³/mol. The second-order valence-electron chi connectivity index (χ2n) is 7.64. The second-order valence-corrected chi connectivity index (χ2v) is 7.64. The van der Waals surface area contributed by atoms with E-state index in [9.17, 15) is 24.3 Å². The molecule has 0 aliphatic carbocycles. The monoisotopic (exact) mass is 438 g/mol. The number of hydrogen-bond donors (Lipinski definition) is 2. The molecule has 2 amide bonds. The lowest BCUT2D eigenvalue weighted by molar-refractivity contribution is -0.152. The fourth-order valence-electron chi connectivity index (χ4n) is 3.92. The fourth-order valence-corrected chi connectivity index (χ4v) is 3.92. The second kappa shape index (κ2) is 8.89. The van der Waals surface area contributed by atoms with Gasteiger partial charge in [0, 0.05) is 23.1 Å². The number of rotatable bonds is 6. The highest BCUT2D eigenvalue weighted by molar-refractivity contribution is 6.09. The minimum absolute atomic E-state index is 0.00500. The standard InChI is InChI=1S/C23H22N2O7/c26-19(25-14-23(31-10-11-32-23)12-18(25)22(29)30)13-24-21(28)17-8-6-16(7-9-17)20(27)15-4-2-1-3-5-15/h1-9,18H,10-14H2,(H,24,28)(H,29,30). The van der Waals surface area contributed by atoms with Crippen LogP contribution >= 0.6 is 0 Å². The smallest absolute Gasteiger partial charge is 0.326 e. The van der Waals surface area contributed by atoms with Crippen molar-refractivity contribution in [2.75, 3.05) is 26.3 Å². The van der Waals surface area contributed by atoms with Crippen LogP contribution in [0.4, 0.5) is 0 Å². The van der Waals surface area contributed by atoms with Crippen LogP contribution in [0, 0.1) is 0 Å². The average Bonchev–Trinajstić information content (AvgIpc) is 3.44. The van der Waals surface area contributed by atoms with Gasteiger partial charge in [0.05, 0.1) is 26.3 Å². The molecule has 2 N–H and O–H groups in total. The number of ether oxygens (including phenoxy) is 2. The van der Waals surface area contributed by atoms with E-state index in [2.05, 4.69) is 5.32 Å². The molecule has 32 heavy (non-hydrogen) atoms. The Labute approximate surface area is 183 Å². The van der Waals surface area contributed by atoms with Gasteiger partial charge in [-0.2, -0.15) is 0 Å². The van der Waals surface area contributed by atoms with Gasteiger partial charge in [0.2, 0.25) is 5.91 Å². The first kappa shape index (κ1) is 21.7. The molecule has 9 nitrogen and oxygen atoms in total. The van der Waals surface area contributed by atoms with Crippen LogP contribution in [0.25, 0.3) is 0 Å². The number of benzene rings is 2. The van der Waals surface area contributed by atoms with E-state index in [0.29, 0.717) is 24.3 Å². The number of carboxylic acids is 1. The first-order valence-electron chi connectivity index (χ1n) is 10.2. The maximum absolute atomic E-state index is 12.6. The summed E-state index contributed by atoms with van der Waals surface area (Å²) in [6, 6.07) is 13.8. The first-order valence-corrected chi connectivity index (χ1v) is 10.2. The van der Waals surface area contributed by atoms with Crippen molar-refractivity contribution < 1.29 is 33.8 Å². The molecule has 2 aliphatic heterocycles. The van der Waals surface area contributed by atoms with Gasteiger partial charge in [-0.05, 0) is 12.1 Å². The van der Waals surface area contributed by atoms with E-state index in [0.717, 1.165) is 4.90 Å². The Balaban J connectivity index is 1.36. The van der Waals surface area contributed by atoms with Gasteiger partial charge in [-0.15, -0.1) is 0 Å². The van der Waals surface area contributed by atoms with Crippen LogP contribution in [0.3, 0.4) is 0 Å². The van der Waals surface area contributed by atoms with E-state index in [1.807, 2.05) is 6.07 Å². The van der Waals surface area contributed by atoms with Crippen LogP contribution in [-0.4, -0.2) is 71.7 Å². The summed E-state index contributed by atoms with van der Waals surface area (Å²) in [7, 11) is 0. The van der Waals surface area contributed by atoms with Gasteiger partial charge in [-0.3, -0.25) is 14.4 Å². The lowest BCUT2D eigenvalue weighted by Crippen LogP contribution is -2.46. The molecule has 4 rings (SSSR count). The third-order valence-corrected chi connectivity index (χ3v) is 5.56. The third-order valence-electron chi connectivity index (χ3n) is 5.56. The average molecular weight is 438 g/mol. The molecule has 1 atom stereocenters. The molecule has 0 bridgehead atoms. The number of ketones is 1. The Morgan fingerprint density at radius 1 is 0.938 bits per heavy atom. The van der Waals surface area contributed by atoms with E-state index in [1.165, 1.54) is 12.1 Å². The summed E-state index contributed by atoms with van der Waals surface area (Å²) < 4.78 is 11.1. The van der Waals surface area contributed by atoms with Crippen LogP contribution in [0.5, 0.6) is 0 Å². The van der Waals surface area contributed by atoms with Crippen LogP contribution in [0.1, 0.15) is 32.7 Å². The molecular formula is C23H22N2O7. The molecule has 1 spiro atoms. The topological polar surface area (TPSA) is 122 Å². The third kappa shape index (κ3) is 4.39. The molecule has 1 unspecified atom stereocenters. The zero-order valence-electron chi connectivity index (χ0n) is 17.2. The van der Waals surface area contributed by atoms with E-state index < -0.39 is 29.6 Å².